The standard InChI is InChI=1S/C25H20Br2N2O2/c1-16-7-9-22(11-17(16)2)29-25(30)20(14-28)12-19-13-21(26)8-10-24(19)31-15-18-5-3-4-6-23(18)27/h3-13H,15H2,1-2H3,(H,29,30)/b20-12+. The summed E-state index contributed by atoms with van der Waals surface area (Å²) in [5.41, 5.74) is 4.46. The summed E-state index contributed by atoms with van der Waals surface area (Å²) >= 11 is 6.96. The molecule has 3 aromatic rings. The smallest absolute Gasteiger partial charge is 0.266 e. The fraction of sp³-hybridized carbons (Fsp3) is 0.120. The van der Waals surface area contributed by atoms with E-state index in [1.807, 2.05) is 80.6 Å². The van der Waals surface area contributed by atoms with Crippen LogP contribution in [-0.4, -0.2) is 5.91 Å². The van der Waals surface area contributed by atoms with E-state index in [0.717, 1.165) is 25.6 Å². The molecule has 0 saturated carbocycles. The van der Waals surface area contributed by atoms with Gasteiger partial charge in [0.15, 0.2) is 0 Å². The fourth-order valence-electron chi connectivity index (χ4n) is 2.86. The summed E-state index contributed by atoms with van der Waals surface area (Å²) in [5.74, 6) is 0.105. The Balaban J connectivity index is 1.84. The van der Waals surface area contributed by atoms with E-state index >= 15 is 0 Å². The van der Waals surface area contributed by atoms with Crippen LogP contribution in [0.3, 0.4) is 0 Å². The molecule has 3 aromatic carbocycles. The molecule has 0 spiro atoms. The minimum absolute atomic E-state index is 0.0120. The summed E-state index contributed by atoms with van der Waals surface area (Å²) in [4.78, 5) is 12.7. The van der Waals surface area contributed by atoms with E-state index in [0.29, 0.717) is 23.6 Å². The van der Waals surface area contributed by atoms with Crippen molar-refractivity contribution in [3.8, 4) is 11.8 Å². The molecule has 0 aliphatic rings. The molecular weight excluding hydrogens is 520 g/mol. The van der Waals surface area contributed by atoms with Crippen molar-refractivity contribution in [1.82, 2.24) is 0 Å². The molecule has 31 heavy (non-hydrogen) atoms. The Kier molecular flexibility index (Phi) is 7.67. The SMILES string of the molecule is Cc1ccc(NC(=O)/C(C#N)=C/c2cc(Br)ccc2OCc2ccccc2Br)cc1C. The molecule has 0 saturated heterocycles. The van der Waals surface area contributed by atoms with Gasteiger partial charge in [0.25, 0.3) is 5.91 Å². The number of nitriles is 1. The van der Waals surface area contributed by atoms with Crippen LogP contribution in [0.4, 0.5) is 5.69 Å². The van der Waals surface area contributed by atoms with Gasteiger partial charge >= 0.3 is 0 Å². The number of nitrogens with zero attached hydrogens (tertiary/aromatic N) is 1. The number of amides is 1. The Labute approximate surface area is 198 Å². The number of ether oxygens (including phenoxy) is 1. The highest BCUT2D eigenvalue weighted by molar-refractivity contribution is 9.10. The Morgan fingerprint density at radius 2 is 1.84 bits per heavy atom. The number of hydrogen-bond acceptors (Lipinski definition) is 3. The first-order chi connectivity index (χ1) is 14.9. The van der Waals surface area contributed by atoms with Gasteiger partial charge in [-0.2, -0.15) is 5.26 Å². The number of hydrogen-bond donors (Lipinski definition) is 1. The van der Waals surface area contributed by atoms with Crippen molar-refractivity contribution in [1.29, 1.82) is 5.26 Å². The number of anilines is 1. The quantitative estimate of drug-likeness (QED) is 0.272. The molecular formula is C25H20Br2N2O2. The van der Waals surface area contributed by atoms with E-state index in [1.165, 1.54) is 6.08 Å². The number of halogens is 2. The van der Waals surface area contributed by atoms with Crippen LogP contribution in [0.15, 0.2) is 75.2 Å². The van der Waals surface area contributed by atoms with Crippen molar-refractivity contribution >= 4 is 49.5 Å². The molecule has 3 rings (SSSR count). The van der Waals surface area contributed by atoms with Gasteiger partial charge in [0.2, 0.25) is 0 Å². The van der Waals surface area contributed by atoms with Gasteiger partial charge in [0.1, 0.15) is 24.0 Å². The van der Waals surface area contributed by atoms with Crippen molar-refractivity contribution < 1.29 is 9.53 Å². The van der Waals surface area contributed by atoms with Crippen LogP contribution in [0.2, 0.25) is 0 Å². The number of rotatable bonds is 6. The number of aryl methyl sites for hydroxylation is 2. The van der Waals surface area contributed by atoms with Crippen LogP contribution >= 0.6 is 31.9 Å². The Bertz CT molecular complexity index is 1200. The predicted octanol–water partition coefficient (Wildman–Crippen LogP) is 6.95. The zero-order valence-electron chi connectivity index (χ0n) is 17.1. The third kappa shape index (κ3) is 6.06. The minimum Gasteiger partial charge on any atom is -0.488 e. The molecule has 0 aliphatic carbocycles. The van der Waals surface area contributed by atoms with E-state index in [9.17, 15) is 10.1 Å². The maximum Gasteiger partial charge on any atom is 0.266 e. The summed E-state index contributed by atoms with van der Waals surface area (Å²) in [7, 11) is 0. The zero-order valence-corrected chi connectivity index (χ0v) is 20.2. The van der Waals surface area contributed by atoms with Gasteiger partial charge in [-0.05, 0) is 67.4 Å². The molecule has 4 nitrogen and oxygen atoms in total. The molecule has 156 valence electrons. The van der Waals surface area contributed by atoms with Crippen LogP contribution in [0.5, 0.6) is 5.75 Å². The summed E-state index contributed by atoms with van der Waals surface area (Å²) < 4.78 is 7.77. The lowest BCUT2D eigenvalue weighted by Crippen LogP contribution is -2.13. The number of benzene rings is 3. The lowest BCUT2D eigenvalue weighted by molar-refractivity contribution is -0.112. The molecule has 0 fully saturated rings. The van der Waals surface area contributed by atoms with Crippen molar-refractivity contribution in [2.45, 2.75) is 20.5 Å². The molecule has 0 unspecified atom stereocenters. The maximum absolute atomic E-state index is 12.7. The second-order valence-corrected chi connectivity index (χ2v) is 8.76. The third-order valence-corrected chi connectivity index (χ3v) is 6.01. The highest BCUT2D eigenvalue weighted by Crippen LogP contribution is 2.28. The van der Waals surface area contributed by atoms with E-state index < -0.39 is 5.91 Å². The van der Waals surface area contributed by atoms with Gasteiger partial charge in [-0.3, -0.25) is 4.79 Å². The van der Waals surface area contributed by atoms with Crippen LogP contribution in [0.1, 0.15) is 22.3 Å². The Morgan fingerprint density at radius 3 is 2.55 bits per heavy atom. The van der Waals surface area contributed by atoms with Gasteiger partial charge in [-0.25, -0.2) is 0 Å². The molecule has 1 amide bonds. The molecule has 0 aromatic heterocycles. The highest BCUT2D eigenvalue weighted by atomic mass is 79.9. The zero-order chi connectivity index (χ0) is 22.4. The van der Waals surface area contributed by atoms with Gasteiger partial charge in [0, 0.05) is 25.8 Å². The van der Waals surface area contributed by atoms with Crippen LogP contribution in [0.25, 0.3) is 6.08 Å². The summed E-state index contributed by atoms with van der Waals surface area (Å²) in [6.45, 7) is 4.33. The molecule has 0 atom stereocenters. The fourth-order valence-corrected chi connectivity index (χ4v) is 3.63. The molecule has 0 heterocycles. The van der Waals surface area contributed by atoms with Gasteiger partial charge in [-0.15, -0.1) is 0 Å². The normalized spacial score (nSPS) is 11.0. The third-order valence-electron chi connectivity index (χ3n) is 4.74. The first-order valence-corrected chi connectivity index (χ1v) is 11.1. The number of nitrogens with one attached hydrogen (secondary N) is 1. The van der Waals surface area contributed by atoms with Gasteiger partial charge in [0.05, 0.1) is 0 Å². The van der Waals surface area contributed by atoms with E-state index in [4.69, 9.17) is 4.74 Å². The summed E-state index contributed by atoms with van der Waals surface area (Å²) in [6, 6.07) is 20.9. The highest BCUT2D eigenvalue weighted by Gasteiger charge is 2.13. The second-order valence-electron chi connectivity index (χ2n) is 6.99. The topological polar surface area (TPSA) is 62.1 Å². The van der Waals surface area contributed by atoms with Crippen molar-refractivity contribution in [3.05, 3.63) is 97.4 Å². The first-order valence-electron chi connectivity index (χ1n) is 9.53. The summed E-state index contributed by atoms with van der Waals surface area (Å²) in [5, 5.41) is 12.4. The van der Waals surface area contributed by atoms with E-state index in [-0.39, 0.29) is 5.57 Å². The summed E-state index contributed by atoms with van der Waals surface area (Å²) in [6.07, 6.45) is 1.54. The first kappa shape index (κ1) is 22.8. The molecule has 0 bridgehead atoms. The van der Waals surface area contributed by atoms with Crippen LogP contribution < -0.4 is 10.1 Å². The minimum atomic E-state index is -0.470. The van der Waals surface area contributed by atoms with Crippen molar-refractivity contribution in [2.24, 2.45) is 0 Å². The van der Waals surface area contributed by atoms with E-state index in [1.54, 1.807) is 0 Å². The van der Waals surface area contributed by atoms with Crippen LogP contribution in [-0.2, 0) is 11.4 Å². The number of carbonyl (C=O) groups is 1. The predicted molar refractivity (Wildman–Crippen MR) is 131 cm³/mol. The maximum atomic E-state index is 12.7. The second kappa shape index (κ2) is 10.4. The van der Waals surface area contributed by atoms with Crippen molar-refractivity contribution in [2.75, 3.05) is 5.32 Å². The van der Waals surface area contributed by atoms with E-state index in [2.05, 4.69) is 37.2 Å². The molecule has 0 aliphatic heterocycles. The Hall–Kier alpha value is -2.88. The average Bonchev–Trinajstić information content (AvgIpc) is 2.75. The molecule has 1 N–H and O–H groups in total. The average molecular weight is 540 g/mol. The lowest BCUT2D eigenvalue weighted by Gasteiger charge is -2.12. The van der Waals surface area contributed by atoms with Crippen molar-refractivity contribution in [3.63, 3.8) is 0 Å². The van der Waals surface area contributed by atoms with Gasteiger partial charge in [-0.1, -0.05) is 56.1 Å². The Morgan fingerprint density at radius 1 is 1.06 bits per heavy atom. The monoisotopic (exact) mass is 538 g/mol. The van der Waals surface area contributed by atoms with Crippen LogP contribution in [0, 0.1) is 25.2 Å². The molecule has 0 radical (unpaired) electrons. The van der Waals surface area contributed by atoms with Gasteiger partial charge < -0.3 is 10.1 Å². The largest absolute Gasteiger partial charge is 0.488 e. The number of carbonyl (C=O) groups excluding carboxylic acids is 1. The molecule has 6 heteroatoms. The lowest BCUT2D eigenvalue weighted by atomic mass is 10.1.